The van der Waals surface area contributed by atoms with E-state index < -0.39 is 18.8 Å². The second-order valence-corrected chi connectivity index (χ2v) is 3.51. The fourth-order valence-corrected chi connectivity index (χ4v) is 1.66. The number of rotatable bonds is 4. The molecule has 0 aromatic carbocycles. The van der Waals surface area contributed by atoms with Crippen molar-refractivity contribution in [3.05, 3.63) is 17.2 Å². The Morgan fingerprint density at radius 1 is 1.47 bits per heavy atom. The van der Waals surface area contributed by atoms with Crippen molar-refractivity contribution in [1.29, 1.82) is 0 Å². The van der Waals surface area contributed by atoms with Crippen molar-refractivity contribution in [2.24, 2.45) is 0 Å². The molecule has 96 valence electrons. The third-order valence-electron chi connectivity index (χ3n) is 1.88. The third-order valence-corrected chi connectivity index (χ3v) is 2.48. The lowest BCUT2D eigenvalue weighted by atomic mass is 10.1. The first kappa shape index (κ1) is 14.0. The summed E-state index contributed by atoms with van der Waals surface area (Å²) in [6, 6.07) is 1.42. The molecule has 0 fully saturated rings. The number of aromatic nitrogens is 1. The van der Waals surface area contributed by atoms with E-state index in [4.69, 9.17) is 9.84 Å². The van der Waals surface area contributed by atoms with E-state index >= 15 is 0 Å². The molecule has 0 spiro atoms. The van der Waals surface area contributed by atoms with Gasteiger partial charge in [-0.25, -0.2) is 0 Å². The molecule has 0 aliphatic carbocycles. The first-order valence-corrected chi connectivity index (χ1v) is 5.52. The fraction of sp³-hybridized carbons (Fsp3) is 0.444. The van der Waals surface area contributed by atoms with Crippen LogP contribution in [0.1, 0.15) is 11.1 Å². The SMILES string of the molecule is COc1cc(CBr)c(CO)c(OC(F)(F)F)n1. The van der Waals surface area contributed by atoms with Gasteiger partial charge in [-0.2, -0.15) is 4.98 Å². The molecule has 0 bridgehead atoms. The topological polar surface area (TPSA) is 51.6 Å². The summed E-state index contributed by atoms with van der Waals surface area (Å²) in [4.78, 5) is 3.51. The predicted molar refractivity (Wildman–Crippen MR) is 56.0 cm³/mol. The van der Waals surface area contributed by atoms with Gasteiger partial charge in [0.25, 0.3) is 0 Å². The average molecular weight is 316 g/mol. The standard InChI is InChI=1S/C9H9BrF3NO3/c1-16-7-2-5(3-10)6(4-15)8(14-7)17-9(11,12)13/h2,15H,3-4H2,1H3. The highest BCUT2D eigenvalue weighted by molar-refractivity contribution is 9.08. The third kappa shape index (κ3) is 3.74. The van der Waals surface area contributed by atoms with Gasteiger partial charge in [-0.1, -0.05) is 15.9 Å². The molecule has 1 aromatic heterocycles. The van der Waals surface area contributed by atoms with Gasteiger partial charge in [0.15, 0.2) is 0 Å². The van der Waals surface area contributed by atoms with Crippen LogP contribution in [0.15, 0.2) is 6.07 Å². The molecule has 4 nitrogen and oxygen atoms in total. The molecule has 8 heteroatoms. The summed E-state index contributed by atoms with van der Waals surface area (Å²) in [7, 11) is 1.27. The predicted octanol–water partition coefficient (Wildman–Crippen LogP) is 2.38. The lowest BCUT2D eigenvalue weighted by Gasteiger charge is -2.14. The van der Waals surface area contributed by atoms with Crippen molar-refractivity contribution in [3.63, 3.8) is 0 Å². The first-order valence-electron chi connectivity index (χ1n) is 4.40. The van der Waals surface area contributed by atoms with Crippen LogP contribution in [0, 0.1) is 0 Å². The van der Waals surface area contributed by atoms with E-state index in [1.165, 1.54) is 13.2 Å². The van der Waals surface area contributed by atoms with Crippen LogP contribution in [0.4, 0.5) is 13.2 Å². The number of hydrogen-bond acceptors (Lipinski definition) is 4. The molecule has 0 aliphatic rings. The number of nitrogens with zero attached hydrogens (tertiary/aromatic N) is 1. The number of halogens is 4. The van der Waals surface area contributed by atoms with Gasteiger partial charge in [-0.05, 0) is 5.56 Å². The quantitative estimate of drug-likeness (QED) is 0.867. The van der Waals surface area contributed by atoms with Crippen LogP contribution in [0.3, 0.4) is 0 Å². The largest absolute Gasteiger partial charge is 0.574 e. The first-order chi connectivity index (χ1) is 7.91. The van der Waals surface area contributed by atoms with Crippen LogP contribution in [-0.2, 0) is 11.9 Å². The number of methoxy groups -OCH3 is 1. The molecule has 0 saturated carbocycles. The van der Waals surface area contributed by atoms with E-state index in [2.05, 4.69) is 25.7 Å². The van der Waals surface area contributed by atoms with Crippen LogP contribution in [0.25, 0.3) is 0 Å². The van der Waals surface area contributed by atoms with E-state index in [1.54, 1.807) is 0 Å². The molecule has 1 rings (SSSR count). The molecule has 1 aromatic rings. The highest BCUT2D eigenvalue weighted by Gasteiger charge is 2.33. The lowest BCUT2D eigenvalue weighted by molar-refractivity contribution is -0.276. The highest BCUT2D eigenvalue weighted by atomic mass is 79.9. The maximum Gasteiger partial charge on any atom is 0.574 e. The zero-order chi connectivity index (χ0) is 13.1. The zero-order valence-electron chi connectivity index (χ0n) is 8.71. The molecule has 17 heavy (non-hydrogen) atoms. The minimum absolute atomic E-state index is 0.0177. The number of aliphatic hydroxyl groups is 1. The van der Waals surface area contributed by atoms with Crippen LogP contribution in [0.5, 0.6) is 11.8 Å². The minimum Gasteiger partial charge on any atom is -0.481 e. The maximum absolute atomic E-state index is 12.1. The molecule has 0 saturated heterocycles. The van der Waals surface area contributed by atoms with Gasteiger partial charge in [-0.3, -0.25) is 0 Å². The number of ether oxygens (including phenoxy) is 2. The van der Waals surface area contributed by atoms with Crippen LogP contribution < -0.4 is 9.47 Å². The molecule has 1 N–H and O–H groups in total. The van der Waals surface area contributed by atoms with Crippen molar-refractivity contribution in [1.82, 2.24) is 4.98 Å². The van der Waals surface area contributed by atoms with Gasteiger partial charge >= 0.3 is 6.36 Å². The molecule has 0 unspecified atom stereocenters. The van der Waals surface area contributed by atoms with Crippen LogP contribution in [-0.4, -0.2) is 23.6 Å². The number of aliphatic hydroxyl groups excluding tert-OH is 1. The summed E-state index contributed by atoms with van der Waals surface area (Å²) in [6.07, 6.45) is -4.87. The number of pyridine rings is 1. The van der Waals surface area contributed by atoms with Gasteiger partial charge in [0.1, 0.15) is 0 Å². The Labute approximate surface area is 103 Å². The van der Waals surface area contributed by atoms with Crippen molar-refractivity contribution >= 4 is 15.9 Å². The Morgan fingerprint density at radius 3 is 2.53 bits per heavy atom. The Kier molecular flexibility index (Phi) is 4.58. The zero-order valence-corrected chi connectivity index (χ0v) is 10.3. The summed E-state index contributed by atoms with van der Waals surface area (Å²) in [5.74, 6) is -0.718. The minimum atomic E-state index is -4.87. The highest BCUT2D eigenvalue weighted by Crippen LogP contribution is 2.30. The molecule has 1 heterocycles. The molecular formula is C9H9BrF3NO3. The summed E-state index contributed by atoms with van der Waals surface area (Å²) < 4.78 is 44.9. The van der Waals surface area contributed by atoms with E-state index in [0.29, 0.717) is 5.56 Å². The van der Waals surface area contributed by atoms with Crippen molar-refractivity contribution < 1.29 is 27.8 Å². The second kappa shape index (κ2) is 5.54. The van der Waals surface area contributed by atoms with Crippen LogP contribution in [0.2, 0.25) is 0 Å². The summed E-state index contributed by atoms with van der Waals surface area (Å²) in [5, 5.41) is 9.29. The maximum atomic E-state index is 12.1. The molecule has 0 aliphatic heterocycles. The van der Waals surface area contributed by atoms with E-state index in [1.807, 2.05) is 0 Å². The molecular weight excluding hydrogens is 307 g/mol. The van der Waals surface area contributed by atoms with Gasteiger partial charge in [0.2, 0.25) is 11.8 Å². The Balaban J connectivity index is 3.24. The summed E-state index contributed by atoms with van der Waals surface area (Å²) >= 11 is 3.10. The van der Waals surface area contributed by atoms with Gasteiger partial charge in [0.05, 0.1) is 13.7 Å². The van der Waals surface area contributed by atoms with Crippen molar-refractivity contribution in [2.75, 3.05) is 7.11 Å². The number of hydrogen-bond donors (Lipinski definition) is 1. The van der Waals surface area contributed by atoms with Gasteiger partial charge in [-0.15, -0.1) is 13.2 Å². The summed E-state index contributed by atoms with van der Waals surface area (Å²) in [5.41, 5.74) is 0.388. The van der Waals surface area contributed by atoms with Crippen molar-refractivity contribution in [2.45, 2.75) is 18.3 Å². The average Bonchev–Trinajstić information content (AvgIpc) is 2.25. The molecule has 0 atom stereocenters. The lowest BCUT2D eigenvalue weighted by Crippen LogP contribution is -2.19. The monoisotopic (exact) mass is 315 g/mol. The van der Waals surface area contributed by atoms with Gasteiger partial charge in [0, 0.05) is 17.0 Å². The van der Waals surface area contributed by atoms with Crippen molar-refractivity contribution in [3.8, 4) is 11.8 Å². The molecule has 0 amide bonds. The van der Waals surface area contributed by atoms with Crippen LogP contribution >= 0.6 is 15.9 Å². The van der Waals surface area contributed by atoms with E-state index in [-0.39, 0.29) is 16.8 Å². The molecule has 0 radical (unpaired) electrons. The van der Waals surface area contributed by atoms with E-state index in [9.17, 15) is 13.2 Å². The fourth-order valence-electron chi connectivity index (χ4n) is 1.16. The Hall–Kier alpha value is -1.02. The Morgan fingerprint density at radius 2 is 2.12 bits per heavy atom. The van der Waals surface area contributed by atoms with E-state index in [0.717, 1.165) is 0 Å². The van der Waals surface area contributed by atoms with Gasteiger partial charge < -0.3 is 14.6 Å². The number of alkyl halides is 4. The second-order valence-electron chi connectivity index (χ2n) is 2.95. The summed E-state index contributed by atoms with van der Waals surface area (Å²) in [6.45, 7) is -0.608. The smallest absolute Gasteiger partial charge is 0.481 e. The normalized spacial score (nSPS) is 11.4. The Bertz CT molecular complexity index is 398.